The monoisotopic (exact) mass is 401 g/mol. The van der Waals surface area contributed by atoms with Crippen molar-refractivity contribution in [2.45, 2.75) is 6.04 Å². The molecule has 0 radical (unpaired) electrons. The molecule has 7 heteroatoms. The number of rotatable bonds is 6. The zero-order chi connectivity index (χ0) is 20.3. The summed E-state index contributed by atoms with van der Waals surface area (Å²) in [4.78, 5) is 26.8. The highest BCUT2D eigenvalue weighted by Crippen LogP contribution is 2.39. The van der Waals surface area contributed by atoms with Crippen LogP contribution in [0.5, 0.6) is 5.75 Å². The summed E-state index contributed by atoms with van der Waals surface area (Å²) in [5.74, 6) is -0.996. The van der Waals surface area contributed by atoms with E-state index in [2.05, 4.69) is 0 Å². The van der Waals surface area contributed by atoms with Gasteiger partial charge in [0.15, 0.2) is 0 Å². The Morgan fingerprint density at radius 3 is 2.29 bits per heavy atom. The fourth-order valence-electron chi connectivity index (χ4n) is 3.20. The summed E-state index contributed by atoms with van der Waals surface area (Å²) < 4.78 is 10.3. The number of methoxy groups -OCH3 is 2. The number of ketones is 1. The van der Waals surface area contributed by atoms with Crippen LogP contribution in [-0.2, 0) is 14.3 Å². The molecule has 1 atom stereocenters. The first-order chi connectivity index (χ1) is 13.5. The van der Waals surface area contributed by atoms with Crippen LogP contribution in [0.1, 0.15) is 17.2 Å². The largest absolute Gasteiger partial charge is 0.507 e. The smallest absolute Gasteiger partial charge is 0.295 e. The quantitative estimate of drug-likeness (QED) is 0.456. The van der Waals surface area contributed by atoms with Crippen LogP contribution in [-0.4, -0.2) is 49.1 Å². The number of Topliss-reactive ketones (excluding diaryl/α,β-unsaturated/α-hetero) is 1. The summed E-state index contributed by atoms with van der Waals surface area (Å²) in [6.07, 6.45) is 0. The molecule has 28 heavy (non-hydrogen) atoms. The molecule has 0 unspecified atom stereocenters. The van der Waals surface area contributed by atoms with Crippen LogP contribution < -0.4 is 4.74 Å². The maximum Gasteiger partial charge on any atom is 0.295 e. The molecule has 146 valence electrons. The van der Waals surface area contributed by atoms with Gasteiger partial charge in [0.05, 0.1) is 25.3 Å². The maximum atomic E-state index is 12.8. The molecule has 1 saturated heterocycles. The Bertz CT molecular complexity index is 905. The summed E-state index contributed by atoms with van der Waals surface area (Å²) in [7, 11) is 3.08. The fourth-order valence-corrected chi connectivity index (χ4v) is 3.32. The van der Waals surface area contributed by atoms with Crippen LogP contribution in [0.3, 0.4) is 0 Å². The van der Waals surface area contributed by atoms with Gasteiger partial charge >= 0.3 is 0 Å². The molecule has 0 saturated carbocycles. The number of aliphatic hydroxyl groups excluding tert-OH is 1. The summed E-state index contributed by atoms with van der Waals surface area (Å²) in [6, 6.07) is 12.7. The Balaban J connectivity index is 2.13. The molecule has 1 heterocycles. The minimum Gasteiger partial charge on any atom is -0.507 e. The number of nitrogens with zero attached hydrogens (tertiary/aromatic N) is 1. The van der Waals surface area contributed by atoms with Gasteiger partial charge in [-0.15, -0.1) is 0 Å². The van der Waals surface area contributed by atoms with Crippen molar-refractivity contribution in [3.63, 3.8) is 0 Å². The van der Waals surface area contributed by atoms with Gasteiger partial charge < -0.3 is 19.5 Å². The van der Waals surface area contributed by atoms with Gasteiger partial charge in [-0.25, -0.2) is 0 Å². The van der Waals surface area contributed by atoms with Crippen molar-refractivity contribution in [3.8, 4) is 5.75 Å². The molecule has 0 bridgehead atoms. The lowest BCUT2D eigenvalue weighted by molar-refractivity contribution is -0.140. The van der Waals surface area contributed by atoms with Crippen LogP contribution in [0.2, 0.25) is 5.02 Å². The average molecular weight is 402 g/mol. The number of carbonyl (C=O) groups is 2. The van der Waals surface area contributed by atoms with E-state index in [1.165, 1.54) is 12.0 Å². The van der Waals surface area contributed by atoms with Gasteiger partial charge in [0.25, 0.3) is 11.7 Å². The standard InChI is InChI=1S/C21H20ClNO5/c1-27-12-11-23-18(13-5-9-16(28-2)10-6-13)17(20(25)21(23)26)19(24)14-3-7-15(22)8-4-14/h3-10,18,24H,11-12H2,1-2H3/b19-17+/t18-/m0/s1. The molecule has 0 aliphatic carbocycles. The number of halogens is 1. The molecule has 1 amide bonds. The molecule has 6 nitrogen and oxygen atoms in total. The predicted octanol–water partition coefficient (Wildman–Crippen LogP) is 3.42. The van der Waals surface area contributed by atoms with Crippen LogP contribution in [0, 0.1) is 0 Å². The molecule has 1 fully saturated rings. The van der Waals surface area contributed by atoms with E-state index in [-0.39, 0.29) is 24.5 Å². The first kappa shape index (κ1) is 19.9. The van der Waals surface area contributed by atoms with Crippen molar-refractivity contribution in [1.29, 1.82) is 0 Å². The number of amides is 1. The van der Waals surface area contributed by atoms with Crippen molar-refractivity contribution in [2.75, 3.05) is 27.4 Å². The van der Waals surface area contributed by atoms with Crippen molar-refractivity contribution in [3.05, 3.63) is 70.3 Å². The zero-order valence-corrected chi connectivity index (χ0v) is 16.3. The van der Waals surface area contributed by atoms with Crippen molar-refractivity contribution >= 4 is 29.1 Å². The van der Waals surface area contributed by atoms with E-state index in [9.17, 15) is 14.7 Å². The Hall–Kier alpha value is -2.83. The lowest BCUT2D eigenvalue weighted by Crippen LogP contribution is -2.32. The second-order valence-corrected chi connectivity index (χ2v) is 6.70. The first-order valence-corrected chi connectivity index (χ1v) is 9.03. The van der Waals surface area contributed by atoms with E-state index >= 15 is 0 Å². The second kappa shape index (κ2) is 8.46. The maximum absolute atomic E-state index is 12.8. The normalized spacial score (nSPS) is 18.5. The lowest BCUT2D eigenvalue weighted by Gasteiger charge is -2.25. The molecule has 1 N–H and O–H groups in total. The molecule has 2 aromatic rings. The highest BCUT2D eigenvalue weighted by molar-refractivity contribution is 6.46. The first-order valence-electron chi connectivity index (χ1n) is 8.65. The number of hydrogen-bond donors (Lipinski definition) is 1. The zero-order valence-electron chi connectivity index (χ0n) is 15.5. The van der Waals surface area contributed by atoms with Gasteiger partial charge in [-0.3, -0.25) is 9.59 Å². The van der Waals surface area contributed by atoms with E-state index < -0.39 is 17.7 Å². The van der Waals surface area contributed by atoms with E-state index in [4.69, 9.17) is 21.1 Å². The molecule has 3 rings (SSSR count). The molecule has 0 aromatic heterocycles. The highest BCUT2D eigenvalue weighted by atomic mass is 35.5. The van der Waals surface area contributed by atoms with Crippen molar-refractivity contribution in [1.82, 2.24) is 4.90 Å². The number of ether oxygens (including phenoxy) is 2. The Labute approximate surface area is 167 Å². The van der Waals surface area contributed by atoms with Gasteiger partial charge in [-0.2, -0.15) is 0 Å². The van der Waals surface area contributed by atoms with Gasteiger partial charge in [0, 0.05) is 24.2 Å². The SMILES string of the molecule is COCCN1C(=O)C(=O)/C(=C(/O)c2ccc(Cl)cc2)[C@@H]1c1ccc(OC)cc1. The second-order valence-electron chi connectivity index (χ2n) is 6.27. The number of benzene rings is 2. The van der Waals surface area contributed by atoms with Gasteiger partial charge in [-0.1, -0.05) is 23.7 Å². The van der Waals surface area contributed by atoms with E-state index in [0.717, 1.165) is 0 Å². The van der Waals surface area contributed by atoms with Gasteiger partial charge in [0.1, 0.15) is 11.5 Å². The van der Waals surface area contributed by atoms with Crippen LogP contribution in [0.4, 0.5) is 0 Å². The van der Waals surface area contributed by atoms with Crippen LogP contribution >= 0.6 is 11.6 Å². The number of aliphatic hydroxyl groups is 1. The van der Waals surface area contributed by atoms with Crippen LogP contribution in [0.25, 0.3) is 5.76 Å². The van der Waals surface area contributed by atoms with Gasteiger partial charge in [0.2, 0.25) is 0 Å². The van der Waals surface area contributed by atoms with E-state index in [1.807, 2.05) is 0 Å². The Kier molecular flexibility index (Phi) is 6.02. The lowest BCUT2D eigenvalue weighted by atomic mass is 9.95. The van der Waals surface area contributed by atoms with Gasteiger partial charge in [-0.05, 0) is 42.0 Å². The van der Waals surface area contributed by atoms with Crippen molar-refractivity contribution in [2.24, 2.45) is 0 Å². The molecular weight excluding hydrogens is 382 g/mol. The summed E-state index contributed by atoms with van der Waals surface area (Å²) in [6.45, 7) is 0.482. The highest BCUT2D eigenvalue weighted by Gasteiger charge is 2.45. The summed E-state index contributed by atoms with van der Waals surface area (Å²) in [5, 5.41) is 11.4. The number of carbonyl (C=O) groups excluding carboxylic acids is 2. The molecule has 0 spiro atoms. The number of hydrogen-bond acceptors (Lipinski definition) is 5. The molecule has 2 aromatic carbocycles. The summed E-state index contributed by atoms with van der Waals surface area (Å²) >= 11 is 5.91. The molecule has 1 aliphatic rings. The topological polar surface area (TPSA) is 76.1 Å². The minimum atomic E-state index is -0.732. The number of likely N-dealkylation sites (tertiary alicyclic amines) is 1. The molecule has 1 aliphatic heterocycles. The third-order valence-corrected chi connectivity index (χ3v) is 4.88. The third-order valence-electron chi connectivity index (χ3n) is 4.63. The molecular formula is C21H20ClNO5. The fraction of sp³-hybridized carbons (Fsp3) is 0.238. The third kappa shape index (κ3) is 3.74. The predicted molar refractivity (Wildman–Crippen MR) is 105 cm³/mol. The average Bonchev–Trinajstić information content (AvgIpc) is 2.97. The Morgan fingerprint density at radius 1 is 1.07 bits per heavy atom. The van der Waals surface area contributed by atoms with Crippen molar-refractivity contribution < 1.29 is 24.2 Å². The minimum absolute atomic E-state index is 0.0357. The van der Waals surface area contributed by atoms with E-state index in [1.54, 1.807) is 55.6 Å². The van der Waals surface area contributed by atoms with Crippen LogP contribution in [0.15, 0.2) is 54.1 Å². The summed E-state index contributed by atoms with van der Waals surface area (Å²) in [5.41, 5.74) is 1.13. The Morgan fingerprint density at radius 2 is 1.71 bits per heavy atom. The van der Waals surface area contributed by atoms with E-state index in [0.29, 0.717) is 21.9 Å².